The van der Waals surface area contributed by atoms with Gasteiger partial charge in [0.2, 0.25) is 0 Å². The Hall–Kier alpha value is -0.120. The third-order valence-corrected chi connectivity index (χ3v) is 3.89. The zero-order chi connectivity index (χ0) is 11.5. The maximum atomic E-state index is 9.55. The molecule has 0 aromatic rings. The Morgan fingerprint density at radius 1 is 1.31 bits per heavy atom. The lowest BCUT2D eigenvalue weighted by molar-refractivity contribution is 0.126. The van der Waals surface area contributed by atoms with Gasteiger partial charge in [0, 0.05) is 19.1 Å². The molecule has 1 heterocycles. The summed E-state index contributed by atoms with van der Waals surface area (Å²) >= 11 is 0. The SMILES string of the molecule is CC(CNC1CC1)CN1CCC(C(C)O)C1. The molecule has 0 spiro atoms. The first kappa shape index (κ1) is 12.3. The number of aliphatic hydroxyl groups excluding tert-OH is 1. The number of hydrogen-bond acceptors (Lipinski definition) is 3. The van der Waals surface area contributed by atoms with Gasteiger partial charge in [0.1, 0.15) is 0 Å². The Labute approximate surface area is 99.2 Å². The van der Waals surface area contributed by atoms with Crippen LogP contribution < -0.4 is 5.32 Å². The highest BCUT2D eigenvalue weighted by Crippen LogP contribution is 2.21. The molecule has 2 rings (SSSR count). The number of likely N-dealkylation sites (tertiary alicyclic amines) is 1. The van der Waals surface area contributed by atoms with Gasteiger partial charge in [-0.2, -0.15) is 0 Å². The van der Waals surface area contributed by atoms with E-state index < -0.39 is 0 Å². The number of aliphatic hydroxyl groups is 1. The second-order valence-corrected chi connectivity index (χ2v) is 5.84. The van der Waals surface area contributed by atoms with Crippen molar-refractivity contribution in [3.8, 4) is 0 Å². The molecule has 2 N–H and O–H groups in total. The highest BCUT2D eigenvalue weighted by Gasteiger charge is 2.27. The van der Waals surface area contributed by atoms with Crippen molar-refractivity contribution in [2.45, 2.75) is 45.3 Å². The Morgan fingerprint density at radius 2 is 2.06 bits per heavy atom. The number of hydrogen-bond donors (Lipinski definition) is 2. The Bertz CT molecular complexity index is 216. The molecule has 0 bridgehead atoms. The van der Waals surface area contributed by atoms with Gasteiger partial charge in [0.25, 0.3) is 0 Å². The Balaban J connectivity index is 1.61. The summed E-state index contributed by atoms with van der Waals surface area (Å²) in [5.41, 5.74) is 0. The topological polar surface area (TPSA) is 35.5 Å². The van der Waals surface area contributed by atoms with E-state index in [0.717, 1.165) is 25.0 Å². The van der Waals surface area contributed by atoms with E-state index in [1.807, 2.05) is 6.92 Å². The van der Waals surface area contributed by atoms with Crippen LogP contribution in [0, 0.1) is 11.8 Å². The lowest BCUT2D eigenvalue weighted by Crippen LogP contribution is -2.33. The molecule has 3 nitrogen and oxygen atoms in total. The largest absolute Gasteiger partial charge is 0.393 e. The van der Waals surface area contributed by atoms with Gasteiger partial charge in [-0.15, -0.1) is 0 Å². The molecule has 1 saturated carbocycles. The second-order valence-electron chi connectivity index (χ2n) is 5.84. The highest BCUT2D eigenvalue weighted by atomic mass is 16.3. The van der Waals surface area contributed by atoms with Gasteiger partial charge in [-0.05, 0) is 51.1 Å². The van der Waals surface area contributed by atoms with Gasteiger partial charge in [0.05, 0.1) is 6.10 Å². The molecule has 94 valence electrons. The van der Waals surface area contributed by atoms with E-state index in [-0.39, 0.29) is 6.10 Å². The lowest BCUT2D eigenvalue weighted by Gasteiger charge is -2.21. The highest BCUT2D eigenvalue weighted by molar-refractivity contribution is 4.83. The third-order valence-electron chi connectivity index (χ3n) is 3.89. The molecule has 2 fully saturated rings. The summed E-state index contributed by atoms with van der Waals surface area (Å²) in [6.07, 6.45) is 3.78. The molecule has 3 heteroatoms. The van der Waals surface area contributed by atoms with Crippen molar-refractivity contribution >= 4 is 0 Å². The fourth-order valence-corrected chi connectivity index (χ4v) is 2.58. The van der Waals surface area contributed by atoms with Gasteiger partial charge < -0.3 is 15.3 Å². The lowest BCUT2D eigenvalue weighted by atomic mass is 10.0. The van der Waals surface area contributed by atoms with Crippen LogP contribution in [0.4, 0.5) is 0 Å². The maximum Gasteiger partial charge on any atom is 0.0552 e. The summed E-state index contributed by atoms with van der Waals surface area (Å²) in [6.45, 7) is 8.84. The van der Waals surface area contributed by atoms with E-state index in [2.05, 4.69) is 17.1 Å². The molecular weight excluding hydrogens is 200 g/mol. The smallest absolute Gasteiger partial charge is 0.0552 e. The van der Waals surface area contributed by atoms with Gasteiger partial charge in [0.15, 0.2) is 0 Å². The van der Waals surface area contributed by atoms with Crippen molar-refractivity contribution in [3.05, 3.63) is 0 Å². The van der Waals surface area contributed by atoms with Crippen LogP contribution in [0.1, 0.15) is 33.1 Å². The molecule has 3 atom stereocenters. The quantitative estimate of drug-likeness (QED) is 0.711. The maximum absolute atomic E-state index is 9.55. The van der Waals surface area contributed by atoms with Crippen LogP contribution in [0.25, 0.3) is 0 Å². The van der Waals surface area contributed by atoms with Crippen LogP contribution in [0.5, 0.6) is 0 Å². The van der Waals surface area contributed by atoms with E-state index in [1.54, 1.807) is 0 Å². The normalized spacial score (nSPS) is 30.6. The van der Waals surface area contributed by atoms with E-state index >= 15 is 0 Å². The van der Waals surface area contributed by atoms with Crippen LogP contribution in [0.3, 0.4) is 0 Å². The zero-order valence-electron chi connectivity index (χ0n) is 10.7. The van der Waals surface area contributed by atoms with Crippen LogP contribution in [0.15, 0.2) is 0 Å². The molecular formula is C13H26N2O. The van der Waals surface area contributed by atoms with Crippen molar-refractivity contribution in [1.82, 2.24) is 10.2 Å². The first-order valence-electron chi connectivity index (χ1n) is 6.79. The van der Waals surface area contributed by atoms with Crippen molar-refractivity contribution in [2.24, 2.45) is 11.8 Å². The van der Waals surface area contributed by atoms with Crippen molar-refractivity contribution < 1.29 is 5.11 Å². The minimum Gasteiger partial charge on any atom is -0.393 e. The first-order chi connectivity index (χ1) is 7.65. The Kier molecular flexibility index (Phi) is 4.22. The van der Waals surface area contributed by atoms with Crippen LogP contribution in [-0.2, 0) is 0 Å². The minimum atomic E-state index is -0.134. The van der Waals surface area contributed by atoms with E-state index in [4.69, 9.17) is 0 Å². The standard InChI is InChI=1S/C13H26N2O/c1-10(7-14-13-3-4-13)8-15-6-5-12(9-15)11(2)16/h10-14,16H,3-9H2,1-2H3. The fourth-order valence-electron chi connectivity index (χ4n) is 2.58. The minimum absolute atomic E-state index is 0.134. The predicted molar refractivity (Wildman–Crippen MR) is 66.4 cm³/mol. The van der Waals surface area contributed by atoms with Crippen molar-refractivity contribution in [2.75, 3.05) is 26.2 Å². The molecule has 0 amide bonds. The van der Waals surface area contributed by atoms with Crippen molar-refractivity contribution in [1.29, 1.82) is 0 Å². The first-order valence-corrected chi connectivity index (χ1v) is 6.79. The molecule has 16 heavy (non-hydrogen) atoms. The summed E-state index contributed by atoms with van der Waals surface area (Å²) < 4.78 is 0. The van der Waals surface area contributed by atoms with Crippen molar-refractivity contribution in [3.63, 3.8) is 0 Å². The van der Waals surface area contributed by atoms with Crippen LogP contribution in [-0.4, -0.2) is 48.3 Å². The number of nitrogens with one attached hydrogen (secondary N) is 1. The summed E-state index contributed by atoms with van der Waals surface area (Å²) in [5.74, 6) is 1.23. The molecule has 0 aromatic heterocycles. The summed E-state index contributed by atoms with van der Waals surface area (Å²) in [4.78, 5) is 2.51. The van der Waals surface area contributed by atoms with Gasteiger partial charge in [-0.25, -0.2) is 0 Å². The zero-order valence-corrected chi connectivity index (χ0v) is 10.7. The molecule has 1 saturated heterocycles. The van der Waals surface area contributed by atoms with Gasteiger partial charge in [-0.3, -0.25) is 0 Å². The van der Waals surface area contributed by atoms with Gasteiger partial charge in [-0.1, -0.05) is 6.92 Å². The molecule has 1 aliphatic carbocycles. The van der Waals surface area contributed by atoms with Gasteiger partial charge >= 0.3 is 0 Å². The predicted octanol–water partition coefficient (Wildman–Crippen LogP) is 1.08. The monoisotopic (exact) mass is 226 g/mol. The van der Waals surface area contributed by atoms with Crippen LogP contribution in [0.2, 0.25) is 0 Å². The molecule has 1 aliphatic heterocycles. The number of rotatable bonds is 6. The second kappa shape index (κ2) is 5.48. The summed E-state index contributed by atoms with van der Waals surface area (Å²) in [6, 6.07) is 0.825. The van der Waals surface area contributed by atoms with E-state index in [1.165, 1.54) is 32.4 Å². The van der Waals surface area contributed by atoms with E-state index in [9.17, 15) is 5.11 Å². The molecule has 2 aliphatic rings. The molecule has 3 unspecified atom stereocenters. The molecule has 0 aromatic carbocycles. The summed E-state index contributed by atoms with van der Waals surface area (Å²) in [7, 11) is 0. The average molecular weight is 226 g/mol. The fraction of sp³-hybridized carbons (Fsp3) is 1.00. The average Bonchev–Trinajstić information content (AvgIpc) is 2.95. The summed E-state index contributed by atoms with van der Waals surface area (Å²) in [5, 5.41) is 13.1. The van der Waals surface area contributed by atoms with Crippen LogP contribution >= 0.6 is 0 Å². The molecule has 0 radical (unpaired) electrons. The number of nitrogens with zero attached hydrogens (tertiary/aromatic N) is 1. The van der Waals surface area contributed by atoms with E-state index in [0.29, 0.717) is 5.92 Å². The third kappa shape index (κ3) is 3.72. The Morgan fingerprint density at radius 3 is 2.62 bits per heavy atom.